The van der Waals surface area contributed by atoms with Crippen molar-refractivity contribution in [2.45, 2.75) is 13.8 Å². The molecule has 4 heterocycles. The highest BCUT2D eigenvalue weighted by molar-refractivity contribution is 7.11. The molecule has 0 aliphatic carbocycles. The summed E-state index contributed by atoms with van der Waals surface area (Å²) < 4.78 is 10.1. The lowest BCUT2D eigenvalue weighted by atomic mass is 10.1. The average molecular weight is 473 g/mol. The van der Waals surface area contributed by atoms with Gasteiger partial charge in [0, 0.05) is 0 Å². The van der Waals surface area contributed by atoms with E-state index in [1.54, 1.807) is 38.1 Å². The third kappa shape index (κ3) is 3.76. The summed E-state index contributed by atoms with van der Waals surface area (Å²) in [6.45, 7) is 3.12. The summed E-state index contributed by atoms with van der Waals surface area (Å²) in [4.78, 5) is 55.6. The van der Waals surface area contributed by atoms with E-state index in [1.165, 1.54) is 32.5 Å². The third-order valence-electron chi connectivity index (χ3n) is 4.88. The van der Waals surface area contributed by atoms with Crippen LogP contribution < -0.4 is 0 Å². The van der Waals surface area contributed by atoms with E-state index in [9.17, 15) is 19.2 Å². The van der Waals surface area contributed by atoms with E-state index >= 15 is 0 Å². The maximum absolute atomic E-state index is 13.6. The lowest BCUT2D eigenvalue weighted by Gasteiger charge is -2.23. The van der Waals surface area contributed by atoms with Crippen molar-refractivity contribution in [3.63, 3.8) is 0 Å². The Hall–Kier alpha value is -3.24. The van der Waals surface area contributed by atoms with Crippen molar-refractivity contribution in [1.29, 1.82) is 0 Å². The van der Waals surface area contributed by atoms with Crippen molar-refractivity contribution >= 4 is 57.8 Å². The van der Waals surface area contributed by atoms with Crippen molar-refractivity contribution in [2.75, 3.05) is 26.3 Å². The van der Waals surface area contributed by atoms with Crippen LogP contribution in [0, 0.1) is 0 Å². The van der Waals surface area contributed by atoms with Gasteiger partial charge in [-0.1, -0.05) is 12.1 Å². The predicted molar refractivity (Wildman–Crippen MR) is 119 cm³/mol. The molecule has 2 aliphatic rings. The smallest absolute Gasteiger partial charge is 0.326 e. The Balaban J connectivity index is 1.88. The Morgan fingerprint density at radius 2 is 1.19 bits per heavy atom. The van der Waals surface area contributed by atoms with E-state index in [4.69, 9.17) is 9.47 Å². The molecule has 10 heteroatoms. The summed E-state index contributed by atoms with van der Waals surface area (Å²) >= 11 is 2.71. The highest BCUT2D eigenvalue weighted by Crippen LogP contribution is 2.47. The molecule has 0 fully saturated rings. The molecule has 0 spiro atoms. The summed E-state index contributed by atoms with van der Waals surface area (Å²) in [7, 11) is 0. The molecule has 0 radical (unpaired) electrons. The van der Waals surface area contributed by atoms with Crippen LogP contribution in [0.15, 0.2) is 46.2 Å². The van der Waals surface area contributed by atoms with Gasteiger partial charge in [-0.25, -0.2) is 0 Å². The van der Waals surface area contributed by atoms with Gasteiger partial charge >= 0.3 is 11.9 Å². The molecule has 4 rings (SSSR count). The minimum Gasteiger partial charge on any atom is -0.465 e. The standard InChI is InChI=1S/C22H20N2O6S2/c1-3-29-15(25)11-23-19(13-7-5-9-31-13)17-18(21(23)27)20(14-8-6-10-32-14)24(22(17)28)12-16(26)30-4-2/h5-10H,3-4,11-12H2,1-2H3. The number of amides is 2. The second-order valence-corrected chi connectivity index (χ2v) is 8.69. The predicted octanol–water partition coefficient (Wildman–Crippen LogP) is 2.74. The molecule has 0 N–H and O–H groups in total. The first-order chi connectivity index (χ1) is 15.5. The largest absolute Gasteiger partial charge is 0.465 e. The van der Waals surface area contributed by atoms with Crippen LogP contribution in [-0.2, 0) is 28.7 Å². The SMILES string of the molecule is CCOC(=O)CN1C(=O)C2=C(c3cccs3)N(CC(=O)OCC)C(=O)C2=C1c1cccs1. The fraction of sp³-hybridized carbons (Fsp3) is 0.273. The molecule has 0 aromatic carbocycles. The Kier molecular flexibility index (Phi) is 6.24. The molecule has 0 bridgehead atoms. The molecule has 0 unspecified atom stereocenters. The molecule has 166 valence electrons. The molecule has 2 amide bonds. The van der Waals surface area contributed by atoms with Crippen LogP contribution in [0.2, 0.25) is 0 Å². The number of hydrogen-bond acceptors (Lipinski definition) is 8. The number of esters is 2. The van der Waals surface area contributed by atoms with Crippen LogP contribution in [0.25, 0.3) is 11.4 Å². The first-order valence-corrected chi connectivity index (χ1v) is 11.7. The van der Waals surface area contributed by atoms with E-state index < -0.39 is 23.8 Å². The number of hydrogen-bond donors (Lipinski definition) is 0. The topological polar surface area (TPSA) is 93.2 Å². The maximum atomic E-state index is 13.6. The van der Waals surface area contributed by atoms with Gasteiger partial charge in [-0.05, 0) is 36.7 Å². The van der Waals surface area contributed by atoms with Crippen LogP contribution in [0.1, 0.15) is 23.6 Å². The van der Waals surface area contributed by atoms with Crippen molar-refractivity contribution in [1.82, 2.24) is 9.80 Å². The highest BCUT2D eigenvalue weighted by atomic mass is 32.1. The molecule has 2 aliphatic heterocycles. The second kappa shape index (κ2) is 9.09. The first-order valence-electron chi connectivity index (χ1n) is 9.99. The molecule has 0 atom stereocenters. The fourth-order valence-corrected chi connectivity index (χ4v) is 5.28. The van der Waals surface area contributed by atoms with Crippen molar-refractivity contribution in [2.24, 2.45) is 0 Å². The molecule has 32 heavy (non-hydrogen) atoms. The Morgan fingerprint density at radius 3 is 1.50 bits per heavy atom. The van der Waals surface area contributed by atoms with E-state index in [1.807, 2.05) is 10.8 Å². The van der Waals surface area contributed by atoms with Crippen molar-refractivity contribution < 1.29 is 28.7 Å². The lowest BCUT2D eigenvalue weighted by Crippen LogP contribution is -2.35. The zero-order valence-electron chi connectivity index (χ0n) is 17.5. The highest BCUT2D eigenvalue weighted by Gasteiger charge is 2.50. The Morgan fingerprint density at radius 1 is 0.781 bits per heavy atom. The quantitative estimate of drug-likeness (QED) is 0.549. The molecule has 8 nitrogen and oxygen atoms in total. The van der Waals surface area contributed by atoms with Crippen LogP contribution in [0.4, 0.5) is 0 Å². The summed E-state index contributed by atoms with van der Waals surface area (Å²) in [5, 5.41) is 3.65. The monoisotopic (exact) mass is 472 g/mol. The number of rotatable bonds is 8. The van der Waals surface area contributed by atoms with Crippen LogP contribution in [0.3, 0.4) is 0 Å². The minimum atomic E-state index is -0.565. The lowest BCUT2D eigenvalue weighted by molar-refractivity contribution is -0.146. The average Bonchev–Trinajstić information content (AvgIpc) is 3.53. The molecular formula is C22H20N2O6S2. The number of carbonyl (C=O) groups is 4. The van der Waals surface area contributed by atoms with Crippen molar-refractivity contribution in [3.05, 3.63) is 55.9 Å². The Labute approximate surface area is 192 Å². The van der Waals surface area contributed by atoms with E-state index in [-0.39, 0.29) is 37.4 Å². The van der Waals surface area contributed by atoms with Gasteiger partial charge in [-0.15, -0.1) is 22.7 Å². The molecule has 0 saturated heterocycles. The summed E-state index contributed by atoms with van der Waals surface area (Å²) in [5.41, 5.74) is 1.10. The number of fused-ring (bicyclic) bond motifs is 1. The van der Waals surface area contributed by atoms with E-state index in [2.05, 4.69) is 0 Å². The fourth-order valence-electron chi connectivity index (χ4n) is 3.71. The number of carbonyl (C=O) groups excluding carboxylic acids is 4. The number of ether oxygens (including phenoxy) is 2. The molecular weight excluding hydrogens is 452 g/mol. The first kappa shape index (κ1) is 22.0. The van der Waals surface area contributed by atoms with E-state index in [0.717, 1.165) is 0 Å². The maximum Gasteiger partial charge on any atom is 0.326 e. The van der Waals surface area contributed by atoms with Crippen LogP contribution in [0.5, 0.6) is 0 Å². The van der Waals surface area contributed by atoms with Gasteiger partial charge in [-0.2, -0.15) is 0 Å². The molecule has 0 saturated carbocycles. The van der Waals surface area contributed by atoms with Gasteiger partial charge < -0.3 is 9.47 Å². The van der Waals surface area contributed by atoms with Gasteiger partial charge in [0.05, 0.1) is 45.5 Å². The molecule has 2 aromatic rings. The molecule has 2 aromatic heterocycles. The summed E-state index contributed by atoms with van der Waals surface area (Å²) in [6, 6.07) is 7.18. The zero-order chi connectivity index (χ0) is 22.8. The van der Waals surface area contributed by atoms with Gasteiger partial charge in [0.1, 0.15) is 13.1 Å². The number of nitrogens with zero attached hydrogens (tertiary/aromatic N) is 2. The normalized spacial score (nSPS) is 15.7. The van der Waals surface area contributed by atoms with E-state index in [0.29, 0.717) is 21.1 Å². The summed E-state index contributed by atoms with van der Waals surface area (Å²) in [5.74, 6) is -2.08. The number of thiophene rings is 2. The van der Waals surface area contributed by atoms with Gasteiger partial charge in [0.15, 0.2) is 0 Å². The van der Waals surface area contributed by atoms with Crippen molar-refractivity contribution in [3.8, 4) is 0 Å². The van der Waals surface area contributed by atoms with Gasteiger partial charge in [0.2, 0.25) is 0 Å². The third-order valence-corrected chi connectivity index (χ3v) is 6.63. The minimum absolute atomic E-state index is 0.182. The van der Waals surface area contributed by atoms with Crippen LogP contribution >= 0.6 is 22.7 Å². The van der Waals surface area contributed by atoms with Crippen LogP contribution in [-0.4, -0.2) is 59.9 Å². The second-order valence-electron chi connectivity index (χ2n) is 6.79. The van der Waals surface area contributed by atoms with Gasteiger partial charge in [-0.3, -0.25) is 29.0 Å². The summed E-state index contributed by atoms with van der Waals surface area (Å²) in [6.07, 6.45) is 0. The zero-order valence-corrected chi connectivity index (χ0v) is 19.1. The van der Waals surface area contributed by atoms with Gasteiger partial charge in [0.25, 0.3) is 11.8 Å². The Bertz CT molecular complexity index is 1040.